The van der Waals surface area contributed by atoms with Crippen LogP contribution in [0.5, 0.6) is 0 Å². The topological polar surface area (TPSA) is 75.4 Å². The molecule has 0 saturated carbocycles. The molecule has 4 heteroatoms. The maximum absolute atomic E-state index is 8.43. The molecule has 0 bridgehead atoms. The lowest BCUT2D eigenvalue weighted by Crippen LogP contribution is -2.16. The van der Waals surface area contributed by atoms with E-state index >= 15 is 0 Å². The molecular formula is C38H25N3O. The molecule has 0 unspecified atom stereocenters. The van der Waals surface area contributed by atoms with Gasteiger partial charge in [-0.1, -0.05) is 109 Å². The quantitative estimate of drug-likeness (QED) is 0.133. The predicted molar refractivity (Wildman–Crippen MR) is 176 cm³/mol. The normalized spacial score (nSPS) is 12.1. The summed E-state index contributed by atoms with van der Waals surface area (Å²) in [4.78, 5) is 4.43. The average Bonchev–Trinajstić information content (AvgIpc) is 3.43. The predicted octanol–water partition coefficient (Wildman–Crippen LogP) is 9.44. The molecule has 0 saturated heterocycles. The molecular weight excluding hydrogens is 514 g/mol. The lowest BCUT2D eigenvalue weighted by molar-refractivity contribution is 0.669. The Labute approximate surface area is 241 Å². The summed E-state index contributed by atoms with van der Waals surface area (Å²) in [7, 11) is 0. The van der Waals surface area contributed by atoms with E-state index in [4.69, 9.17) is 15.6 Å². The fraction of sp³-hybridized carbons (Fsp3) is 0. The summed E-state index contributed by atoms with van der Waals surface area (Å²) in [6.45, 7) is 0. The molecule has 1 heterocycles. The van der Waals surface area contributed by atoms with E-state index in [2.05, 4.69) is 89.9 Å². The number of hydrogen-bond donors (Lipinski definition) is 2. The van der Waals surface area contributed by atoms with Crippen LogP contribution in [-0.4, -0.2) is 11.7 Å². The molecule has 42 heavy (non-hydrogen) atoms. The summed E-state index contributed by atoms with van der Waals surface area (Å²) in [6, 6.07) is 45.5. The third kappa shape index (κ3) is 3.77. The molecule has 198 valence electrons. The Morgan fingerprint density at radius 2 is 1.10 bits per heavy atom. The summed E-state index contributed by atoms with van der Waals surface area (Å²) in [5, 5.41) is 17.8. The monoisotopic (exact) mass is 539 g/mol. The molecule has 7 aromatic carbocycles. The molecule has 3 N–H and O–H groups in total. The Kier molecular flexibility index (Phi) is 5.41. The van der Waals surface area contributed by atoms with Crippen molar-refractivity contribution in [1.29, 1.82) is 5.41 Å². The Hall–Kier alpha value is -5.74. The molecule has 0 fully saturated rings. The fourth-order valence-electron chi connectivity index (χ4n) is 6.15. The third-order valence-electron chi connectivity index (χ3n) is 8.13. The van der Waals surface area contributed by atoms with Gasteiger partial charge in [-0.05, 0) is 67.7 Å². The van der Waals surface area contributed by atoms with Crippen LogP contribution < -0.4 is 5.73 Å². The fourth-order valence-corrected chi connectivity index (χ4v) is 6.15. The second-order valence-electron chi connectivity index (χ2n) is 10.6. The van der Waals surface area contributed by atoms with Gasteiger partial charge in [0.2, 0.25) is 0 Å². The van der Waals surface area contributed by atoms with Gasteiger partial charge in [0.15, 0.2) is 5.84 Å². The maximum Gasteiger partial charge on any atom is 0.154 e. The summed E-state index contributed by atoms with van der Waals surface area (Å²) >= 11 is 0. The van der Waals surface area contributed by atoms with Crippen molar-refractivity contribution in [3.8, 4) is 11.1 Å². The first-order valence-electron chi connectivity index (χ1n) is 13.9. The average molecular weight is 540 g/mol. The van der Waals surface area contributed by atoms with Gasteiger partial charge >= 0.3 is 0 Å². The zero-order valence-corrected chi connectivity index (χ0v) is 22.6. The summed E-state index contributed by atoms with van der Waals surface area (Å²) in [5.41, 5.74) is 11.7. The van der Waals surface area contributed by atoms with E-state index in [1.165, 1.54) is 32.3 Å². The van der Waals surface area contributed by atoms with Gasteiger partial charge in [0.25, 0.3) is 0 Å². The lowest BCUT2D eigenvalue weighted by atomic mass is 9.92. The van der Waals surface area contributed by atoms with Crippen molar-refractivity contribution in [2.24, 2.45) is 10.7 Å². The number of hydrogen-bond acceptors (Lipinski definition) is 2. The van der Waals surface area contributed by atoms with Crippen LogP contribution in [0.25, 0.3) is 65.4 Å². The molecule has 1 aromatic heterocycles. The number of nitrogens with two attached hydrogens (primary N) is 1. The number of fused-ring (bicyclic) bond motifs is 9. The van der Waals surface area contributed by atoms with Crippen molar-refractivity contribution in [3.05, 3.63) is 145 Å². The van der Waals surface area contributed by atoms with Gasteiger partial charge in [-0.3, -0.25) is 5.41 Å². The van der Waals surface area contributed by atoms with Crippen molar-refractivity contribution in [2.45, 2.75) is 0 Å². The third-order valence-corrected chi connectivity index (χ3v) is 8.13. The molecule has 0 amide bonds. The standard InChI is InChI=1S/C38H25N3O/c39-37(23-9-2-1-3-10-23)41-38(40)32-15-8-16-34-36(32)31-20-18-25(22-35(31)42-34)24-17-19-30-28-13-5-4-11-26(28)27-12-6-7-14-29(27)33(30)21-24/h1-22H,(H3,39,40,41). The number of benzene rings is 7. The molecule has 0 aliphatic carbocycles. The van der Waals surface area contributed by atoms with Gasteiger partial charge in [0, 0.05) is 21.9 Å². The molecule has 0 radical (unpaired) electrons. The van der Waals surface area contributed by atoms with Gasteiger partial charge < -0.3 is 10.2 Å². The number of amidine groups is 2. The number of nitrogens with zero attached hydrogens (tertiary/aromatic N) is 1. The van der Waals surface area contributed by atoms with Crippen LogP contribution in [0.1, 0.15) is 11.1 Å². The van der Waals surface area contributed by atoms with E-state index in [-0.39, 0.29) is 11.7 Å². The maximum atomic E-state index is 8.43. The Morgan fingerprint density at radius 3 is 1.79 bits per heavy atom. The first-order valence-corrected chi connectivity index (χ1v) is 13.9. The van der Waals surface area contributed by atoms with Gasteiger partial charge in [0.1, 0.15) is 17.0 Å². The van der Waals surface area contributed by atoms with Crippen molar-refractivity contribution < 1.29 is 4.42 Å². The van der Waals surface area contributed by atoms with E-state index in [0.29, 0.717) is 5.56 Å². The number of rotatable bonds is 3. The molecule has 0 spiro atoms. The molecule has 4 nitrogen and oxygen atoms in total. The minimum atomic E-state index is 0.122. The van der Waals surface area contributed by atoms with Crippen molar-refractivity contribution >= 4 is 65.9 Å². The molecule has 0 aliphatic heterocycles. The number of furan rings is 1. The minimum Gasteiger partial charge on any atom is -0.456 e. The molecule has 8 aromatic rings. The van der Waals surface area contributed by atoms with Crippen LogP contribution >= 0.6 is 0 Å². The highest BCUT2D eigenvalue weighted by atomic mass is 16.3. The zero-order valence-electron chi connectivity index (χ0n) is 22.6. The molecule has 0 aliphatic rings. The highest BCUT2D eigenvalue weighted by Gasteiger charge is 2.16. The summed E-state index contributed by atoms with van der Waals surface area (Å²) < 4.78 is 6.35. The van der Waals surface area contributed by atoms with E-state index in [1.54, 1.807) is 0 Å². The second kappa shape index (κ2) is 9.43. The zero-order chi connectivity index (χ0) is 28.2. The highest BCUT2D eigenvalue weighted by Crippen LogP contribution is 2.38. The Balaban J connectivity index is 1.26. The van der Waals surface area contributed by atoms with Crippen LogP contribution in [0.2, 0.25) is 0 Å². The van der Waals surface area contributed by atoms with Crippen LogP contribution in [0.3, 0.4) is 0 Å². The van der Waals surface area contributed by atoms with Gasteiger partial charge in [0.05, 0.1) is 0 Å². The van der Waals surface area contributed by atoms with E-state index < -0.39 is 0 Å². The van der Waals surface area contributed by atoms with Crippen LogP contribution in [0, 0.1) is 5.41 Å². The first-order chi connectivity index (χ1) is 20.7. The minimum absolute atomic E-state index is 0.122. The van der Waals surface area contributed by atoms with Gasteiger partial charge in [-0.25, -0.2) is 4.99 Å². The van der Waals surface area contributed by atoms with Crippen LogP contribution in [0.15, 0.2) is 143 Å². The SMILES string of the molecule is N=C(/N=C(\N)c1cccc2oc3cc(-c4ccc5c6ccccc6c6ccccc6c5c4)ccc3c12)c1ccccc1. The van der Waals surface area contributed by atoms with E-state index in [0.717, 1.165) is 38.6 Å². The Morgan fingerprint density at radius 1 is 0.524 bits per heavy atom. The first kappa shape index (κ1) is 24.1. The second-order valence-corrected chi connectivity index (χ2v) is 10.6. The van der Waals surface area contributed by atoms with Crippen molar-refractivity contribution in [1.82, 2.24) is 0 Å². The van der Waals surface area contributed by atoms with E-state index in [9.17, 15) is 0 Å². The summed E-state index contributed by atoms with van der Waals surface area (Å²) in [5.74, 6) is 0.409. The highest BCUT2D eigenvalue weighted by molar-refractivity contribution is 6.26. The number of nitrogens with one attached hydrogen (secondary N) is 1. The van der Waals surface area contributed by atoms with Crippen molar-refractivity contribution in [3.63, 3.8) is 0 Å². The molecule has 8 rings (SSSR count). The van der Waals surface area contributed by atoms with Crippen LogP contribution in [-0.2, 0) is 0 Å². The van der Waals surface area contributed by atoms with E-state index in [1.807, 2.05) is 48.5 Å². The van der Waals surface area contributed by atoms with Crippen LogP contribution in [0.4, 0.5) is 0 Å². The largest absolute Gasteiger partial charge is 0.456 e. The van der Waals surface area contributed by atoms with Gasteiger partial charge in [-0.15, -0.1) is 0 Å². The number of aliphatic imine (C=N–C) groups is 1. The Bertz CT molecular complexity index is 2350. The lowest BCUT2D eigenvalue weighted by Gasteiger charge is -2.12. The smallest absolute Gasteiger partial charge is 0.154 e. The van der Waals surface area contributed by atoms with Crippen molar-refractivity contribution in [2.75, 3.05) is 0 Å². The summed E-state index contributed by atoms with van der Waals surface area (Å²) in [6.07, 6.45) is 0. The molecule has 0 atom stereocenters. The van der Waals surface area contributed by atoms with Gasteiger partial charge in [-0.2, -0.15) is 0 Å².